The van der Waals surface area contributed by atoms with Gasteiger partial charge in [0.25, 0.3) is 0 Å². The lowest BCUT2D eigenvalue weighted by Crippen LogP contribution is -1.95. The van der Waals surface area contributed by atoms with Crippen molar-refractivity contribution in [3.8, 4) is 11.3 Å². The van der Waals surface area contributed by atoms with Crippen molar-refractivity contribution in [2.45, 2.75) is 20.5 Å². The van der Waals surface area contributed by atoms with Crippen molar-refractivity contribution >= 4 is 23.5 Å². The number of hydrogen-bond acceptors (Lipinski definition) is 3. The number of aryl methyl sites for hydroxylation is 2. The molecule has 0 aliphatic rings. The average molecular weight is 390 g/mol. The minimum atomic E-state index is 0.421. The number of halogens is 1. The van der Waals surface area contributed by atoms with Gasteiger partial charge in [-0.2, -0.15) is 0 Å². The molecule has 0 radical (unpaired) electrons. The number of benzene rings is 2. The van der Waals surface area contributed by atoms with Gasteiger partial charge in [0, 0.05) is 16.8 Å². The third-order valence-electron chi connectivity index (χ3n) is 4.50. The normalized spacial score (nSPS) is 11.4. The second-order valence-electron chi connectivity index (χ2n) is 6.78. The van der Waals surface area contributed by atoms with Crippen LogP contribution >= 0.6 is 11.6 Å². The van der Waals surface area contributed by atoms with Crippen LogP contribution in [0.1, 0.15) is 22.4 Å². The van der Waals surface area contributed by atoms with E-state index in [0.29, 0.717) is 11.6 Å². The Labute approximate surface area is 169 Å². The highest BCUT2D eigenvalue weighted by Crippen LogP contribution is 2.25. The number of rotatable bonds is 5. The first kappa shape index (κ1) is 18.3. The molecule has 0 saturated heterocycles. The summed E-state index contributed by atoms with van der Waals surface area (Å²) in [5, 5.41) is 4.90. The van der Waals surface area contributed by atoms with Crippen molar-refractivity contribution in [1.29, 1.82) is 0 Å². The van der Waals surface area contributed by atoms with Crippen molar-refractivity contribution in [2.75, 3.05) is 0 Å². The standard InChI is InChI=1S/C23H20ClN3O/c1-16-4-3-5-18(12-16)15-28-25-14-21-23(19-6-8-20(24)9-7-19)26-22-13-17(2)10-11-27(21)22/h3-14H,15H2,1-2H3/b25-14+. The monoisotopic (exact) mass is 389 g/mol. The lowest BCUT2D eigenvalue weighted by atomic mass is 10.1. The molecule has 0 unspecified atom stereocenters. The Balaban J connectivity index is 1.66. The number of nitrogens with zero attached hydrogens (tertiary/aromatic N) is 3. The average Bonchev–Trinajstić information content (AvgIpc) is 3.03. The molecule has 0 bridgehead atoms. The Morgan fingerprint density at radius 2 is 1.82 bits per heavy atom. The largest absolute Gasteiger partial charge is 0.391 e. The van der Waals surface area contributed by atoms with Crippen molar-refractivity contribution in [1.82, 2.24) is 9.38 Å². The smallest absolute Gasteiger partial charge is 0.142 e. The van der Waals surface area contributed by atoms with Crippen LogP contribution in [0.15, 0.2) is 72.0 Å². The molecule has 4 aromatic rings. The van der Waals surface area contributed by atoms with Gasteiger partial charge in [-0.1, -0.05) is 58.7 Å². The van der Waals surface area contributed by atoms with E-state index in [1.54, 1.807) is 6.21 Å². The first-order valence-electron chi connectivity index (χ1n) is 9.06. The zero-order valence-corrected chi connectivity index (χ0v) is 16.5. The minimum absolute atomic E-state index is 0.421. The number of hydrogen-bond donors (Lipinski definition) is 0. The third-order valence-corrected chi connectivity index (χ3v) is 4.75. The zero-order valence-electron chi connectivity index (χ0n) is 15.8. The summed E-state index contributed by atoms with van der Waals surface area (Å²) in [5.74, 6) is 0. The van der Waals surface area contributed by atoms with Crippen LogP contribution in [0.3, 0.4) is 0 Å². The highest BCUT2D eigenvalue weighted by molar-refractivity contribution is 6.30. The minimum Gasteiger partial charge on any atom is -0.391 e. The fourth-order valence-electron chi connectivity index (χ4n) is 3.11. The van der Waals surface area contributed by atoms with Gasteiger partial charge in [-0.15, -0.1) is 0 Å². The predicted octanol–water partition coefficient (Wildman–Crippen LogP) is 5.82. The molecule has 0 N–H and O–H groups in total. The zero-order chi connectivity index (χ0) is 19.5. The molecular formula is C23H20ClN3O. The van der Waals surface area contributed by atoms with Gasteiger partial charge >= 0.3 is 0 Å². The fourth-order valence-corrected chi connectivity index (χ4v) is 3.24. The van der Waals surface area contributed by atoms with Crippen LogP contribution in [0.5, 0.6) is 0 Å². The topological polar surface area (TPSA) is 38.9 Å². The van der Waals surface area contributed by atoms with Gasteiger partial charge in [-0.25, -0.2) is 4.98 Å². The Hall–Kier alpha value is -3.11. The molecule has 0 atom stereocenters. The van der Waals surface area contributed by atoms with E-state index in [-0.39, 0.29) is 0 Å². The van der Waals surface area contributed by atoms with Crippen molar-refractivity contribution in [2.24, 2.45) is 5.16 Å². The van der Waals surface area contributed by atoms with Crippen molar-refractivity contribution in [3.63, 3.8) is 0 Å². The van der Waals surface area contributed by atoms with Gasteiger partial charge in [0.15, 0.2) is 0 Å². The SMILES string of the molecule is Cc1cccc(CO/N=C/c2c(-c3ccc(Cl)cc3)nc3cc(C)ccn23)c1. The van der Waals surface area contributed by atoms with Crippen LogP contribution < -0.4 is 0 Å². The number of oxime groups is 1. The molecule has 0 spiro atoms. The molecule has 0 fully saturated rings. The first-order chi connectivity index (χ1) is 13.6. The fraction of sp³-hybridized carbons (Fsp3) is 0.130. The quantitative estimate of drug-likeness (QED) is 0.318. The van der Waals surface area contributed by atoms with E-state index in [0.717, 1.165) is 33.7 Å². The van der Waals surface area contributed by atoms with E-state index in [9.17, 15) is 0 Å². The second kappa shape index (κ2) is 7.87. The molecular weight excluding hydrogens is 370 g/mol. The molecule has 0 saturated carbocycles. The number of aromatic nitrogens is 2. The van der Waals surface area contributed by atoms with E-state index in [1.807, 2.05) is 59.1 Å². The van der Waals surface area contributed by atoms with E-state index in [2.05, 4.69) is 31.1 Å². The summed E-state index contributed by atoms with van der Waals surface area (Å²) in [5.41, 5.74) is 6.98. The van der Waals surface area contributed by atoms with Crippen LogP contribution in [0.2, 0.25) is 5.02 Å². The Kier molecular flexibility index (Phi) is 5.13. The van der Waals surface area contributed by atoms with Gasteiger partial charge in [-0.05, 0) is 49.2 Å². The van der Waals surface area contributed by atoms with E-state index >= 15 is 0 Å². The number of imidazole rings is 1. The lowest BCUT2D eigenvalue weighted by Gasteiger charge is -2.03. The highest BCUT2D eigenvalue weighted by Gasteiger charge is 2.13. The molecule has 2 heterocycles. The van der Waals surface area contributed by atoms with Gasteiger partial charge in [0.05, 0.1) is 17.6 Å². The van der Waals surface area contributed by atoms with Gasteiger partial charge in [0.2, 0.25) is 0 Å². The van der Waals surface area contributed by atoms with Crippen molar-refractivity contribution in [3.05, 3.63) is 94.3 Å². The maximum Gasteiger partial charge on any atom is 0.142 e. The maximum absolute atomic E-state index is 6.04. The van der Waals surface area contributed by atoms with Gasteiger partial charge in [-0.3, -0.25) is 4.40 Å². The molecule has 2 aromatic heterocycles. The summed E-state index contributed by atoms with van der Waals surface area (Å²) in [6.07, 6.45) is 3.72. The molecule has 5 heteroatoms. The van der Waals surface area contributed by atoms with E-state index in [1.165, 1.54) is 5.56 Å². The summed E-state index contributed by atoms with van der Waals surface area (Å²) in [6, 6.07) is 19.9. The summed E-state index contributed by atoms with van der Waals surface area (Å²) in [6.45, 7) is 4.53. The predicted molar refractivity (Wildman–Crippen MR) is 114 cm³/mol. The molecule has 0 aliphatic heterocycles. The van der Waals surface area contributed by atoms with Gasteiger partial charge < -0.3 is 4.84 Å². The Morgan fingerprint density at radius 1 is 1.04 bits per heavy atom. The first-order valence-corrected chi connectivity index (χ1v) is 9.43. The molecule has 2 aromatic carbocycles. The number of fused-ring (bicyclic) bond motifs is 1. The molecule has 140 valence electrons. The summed E-state index contributed by atoms with van der Waals surface area (Å²) in [4.78, 5) is 10.3. The third kappa shape index (κ3) is 3.92. The van der Waals surface area contributed by atoms with Crippen LogP contribution in [0.4, 0.5) is 0 Å². The summed E-state index contributed by atoms with van der Waals surface area (Å²) in [7, 11) is 0. The van der Waals surface area contributed by atoms with Crippen LogP contribution in [0, 0.1) is 13.8 Å². The molecule has 0 amide bonds. The van der Waals surface area contributed by atoms with Gasteiger partial charge in [0.1, 0.15) is 12.3 Å². The second-order valence-corrected chi connectivity index (χ2v) is 7.22. The highest BCUT2D eigenvalue weighted by atomic mass is 35.5. The molecule has 4 nitrogen and oxygen atoms in total. The maximum atomic E-state index is 6.04. The summed E-state index contributed by atoms with van der Waals surface area (Å²) >= 11 is 6.04. The van der Waals surface area contributed by atoms with E-state index in [4.69, 9.17) is 21.4 Å². The molecule has 4 rings (SSSR count). The molecule has 28 heavy (non-hydrogen) atoms. The van der Waals surface area contributed by atoms with Crippen molar-refractivity contribution < 1.29 is 4.84 Å². The molecule has 0 aliphatic carbocycles. The van der Waals surface area contributed by atoms with Crippen LogP contribution in [-0.2, 0) is 11.4 Å². The Morgan fingerprint density at radius 3 is 2.61 bits per heavy atom. The number of pyridine rings is 1. The van der Waals surface area contributed by atoms with Crippen LogP contribution in [-0.4, -0.2) is 15.6 Å². The lowest BCUT2D eigenvalue weighted by molar-refractivity contribution is 0.132. The summed E-state index contributed by atoms with van der Waals surface area (Å²) < 4.78 is 2.01. The Bertz CT molecular complexity index is 1150. The van der Waals surface area contributed by atoms with E-state index < -0.39 is 0 Å². The van der Waals surface area contributed by atoms with Crippen LogP contribution in [0.25, 0.3) is 16.9 Å².